The smallest absolute Gasteiger partial charge is 0.249 e. The van der Waals surface area contributed by atoms with Crippen molar-refractivity contribution in [2.24, 2.45) is 0 Å². The lowest BCUT2D eigenvalue weighted by molar-refractivity contribution is -0.127. The Bertz CT molecular complexity index is 1540. The van der Waals surface area contributed by atoms with Crippen LogP contribution >= 0.6 is 0 Å². The van der Waals surface area contributed by atoms with Crippen LogP contribution < -0.4 is 19.7 Å². The van der Waals surface area contributed by atoms with Crippen molar-refractivity contribution in [3.8, 4) is 11.5 Å². The molecule has 39 heavy (non-hydrogen) atoms. The maximum absolute atomic E-state index is 13.8. The number of nitrogens with one attached hydrogen (secondary N) is 1. The number of pyridine rings is 1. The number of benzene rings is 2. The fraction of sp³-hybridized carbons (Fsp3) is 0.323. The Morgan fingerprint density at radius 1 is 1.05 bits per heavy atom. The monoisotopic (exact) mass is 526 g/mol. The van der Waals surface area contributed by atoms with Crippen molar-refractivity contribution in [3.05, 3.63) is 82.8 Å². The molecule has 4 aromatic rings. The molecule has 0 saturated carbocycles. The first-order valence-electron chi connectivity index (χ1n) is 13.2. The van der Waals surface area contributed by atoms with Crippen LogP contribution in [0.2, 0.25) is 0 Å². The zero-order valence-electron chi connectivity index (χ0n) is 23.1. The SMILES string of the molecule is CCn1c(C)c(CC(=O)N[C@@H](Cc2ccccn2)C(=O)N(C)c2ccc3c(c2)OCO3)c2c(C)ccc(C)c21. The van der Waals surface area contributed by atoms with Crippen LogP contribution in [0, 0.1) is 20.8 Å². The molecule has 0 fully saturated rings. The van der Waals surface area contributed by atoms with E-state index in [1.807, 2.05) is 18.2 Å². The average molecular weight is 527 g/mol. The van der Waals surface area contributed by atoms with E-state index in [0.717, 1.165) is 34.4 Å². The highest BCUT2D eigenvalue weighted by Crippen LogP contribution is 2.35. The number of carbonyl (C=O) groups is 2. The van der Waals surface area contributed by atoms with E-state index in [4.69, 9.17) is 9.47 Å². The fourth-order valence-electron chi connectivity index (χ4n) is 5.44. The summed E-state index contributed by atoms with van der Waals surface area (Å²) >= 11 is 0. The fourth-order valence-corrected chi connectivity index (χ4v) is 5.44. The second-order valence-electron chi connectivity index (χ2n) is 9.99. The highest BCUT2D eigenvalue weighted by molar-refractivity contribution is 6.00. The maximum Gasteiger partial charge on any atom is 0.249 e. The number of fused-ring (bicyclic) bond motifs is 2. The molecule has 2 aromatic heterocycles. The van der Waals surface area contributed by atoms with E-state index >= 15 is 0 Å². The standard InChI is InChI=1S/C31H34N4O4/c1-6-35-21(4)24(29-19(2)10-11-20(3)30(29)35)17-28(36)33-25(15-22-9-7-8-14-32-22)31(37)34(5)23-12-13-26-27(16-23)39-18-38-26/h7-14,16,25H,6,15,17-18H2,1-5H3,(H,33,36)/t25-/m0/s1. The molecule has 3 heterocycles. The Kier molecular flexibility index (Phi) is 7.28. The highest BCUT2D eigenvalue weighted by Gasteiger charge is 2.28. The van der Waals surface area contributed by atoms with E-state index in [-0.39, 0.29) is 31.4 Å². The molecule has 8 nitrogen and oxygen atoms in total. The molecule has 202 valence electrons. The minimum Gasteiger partial charge on any atom is -0.454 e. The Hall–Kier alpha value is -4.33. The zero-order chi connectivity index (χ0) is 27.7. The van der Waals surface area contributed by atoms with Crippen molar-refractivity contribution in [1.82, 2.24) is 14.9 Å². The lowest BCUT2D eigenvalue weighted by atomic mass is 10.0. The van der Waals surface area contributed by atoms with Gasteiger partial charge in [0, 0.05) is 54.7 Å². The molecule has 1 atom stereocenters. The third-order valence-corrected chi connectivity index (χ3v) is 7.50. The van der Waals surface area contributed by atoms with Gasteiger partial charge >= 0.3 is 0 Å². The summed E-state index contributed by atoms with van der Waals surface area (Å²) in [5.41, 5.74) is 6.93. The van der Waals surface area contributed by atoms with Gasteiger partial charge in [-0.2, -0.15) is 0 Å². The number of ether oxygens (including phenoxy) is 2. The predicted octanol–water partition coefficient (Wildman–Crippen LogP) is 4.64. The van der Waals surface area contributed by atoms with Crippen LogP contribution in [0.5, 0.6) is 11.5 Å². The van der Waals surface area contributed by atoms with Crippen LogP contribution in [0.1, 0.15) is 35.0 Å². The summed E-state index contributed by atoms with van der Waals surface area (Å²) in [5, 5.41) is 4.15. The summed E-state index contributed by atoms with van der Waals surface area (Å²) in [6.45, 7) is 9.33. The van der Waals surface area contributed by atoms with Gasteiger partial charge in [0.05, 0.1) is 11.9 Å². The Labute approximate surface area is 228 Å². The quantitative estimate of drug-likeness (QED) is 0.362. The molecule has 0 aliphatic carbocycles. The van der Waals surface area contributed by atoms with Gasteiger partial charge in [0.15, 0.2) is 11.5 Å². The summed E-state index contributed by atoms with van der Waals surface area (Å²) < 4.78 is 13.2. The highest BCUT2D eigenvalue weighted by atomic mass is 16.7. The Balaban J connectivity index is 1.43. The van der Waals surface area contributed by atoms with E-state index in [2.05, 4.69) is 54.7 Å². The zero-order valence-corrected chi connectivity index (χ0v) is 23.1. The third-order valence-electron chi connectivity index (χ3n) is 7.50. The third kappa shape index (κ3) is 5.06. The van der Waals surface area contributed by atoms with Gasteiger partial charge in [0.1, 0.15) is 6.04 Å². The molecule has 0 saturated heterocycles. The predicted molar refractivity (Wildman–Crippen MR) is 151 cm³/mol. The molecule has 1 aliphatic rings. The molecule has 0 unspecified atom stereocenters. The van der Waals surface area contributed by atoms with Crippen molar-refractivity contribution in [2.75, 3.05) is 18.7 Å². The van der Waals surface area contributed by atoms with Gasteiger partial charge in [0.2, 0.25) is 18.6 Å². The molecule has 1 N–H and O–H groups in total. The summed E-state index contributed by atoms with van der Waals surface area (Å²) in [6, 6.07) is 14.4. The van der Waals surface area contributed by atoms with Gasteiger partial charge in [-0.15, -0.1) is 0 Å². The first-order chi connectivity index (χ1) is 18.8. The summed E-state index contributed by atoms with van der Waals surface area (Å²) in [7, 11) is 1.70. The number of anilines is 1. The second-order valence-corrected chi connectivity index (χ2v) is 9.99. The van der Waals surface area contributed by atoms with Gasteiger partial charge < -0.3 is 24.3 Å². The summed E-state index contributed by atoms with van der Waals surface area (Å²) in [5.74, 6) is 0.783. The van der Waals surface area contributed by atoms with Crippen molar-refractivity contribution >= 4 is 28.4 Å². The van der Waals surface area contributed by atoms with E-state index in [1.165, 1.54) is 16.0 Å². The van der Waals surface area contributed by atoms with Crippen LogP contribution in [0.25, 0.3) is 10.9 Å². The summed E-state index contributed by atoms with van der Waals surface area (Å²) in [4.78, 5) is 33.3. The van der Waals surface area contributed by atoms with Crippen LogP contribution in [0.4, 0.5) is 5.69 Å². The molecule has 1 aliphatic heterocycles. The van der Waals surface area contributed by atoms with Gasteiger partial charge in [-0.25, -0.2) is 0 Å². The van der Waals surface area contributed by atoms with E-state index < -0.39 is 6.04 Å². The van der Waals surface area contributed by atoms with Gasteiger partial charge in [-0.05, 0) is 68.7 Å². The molecule has 2 amide bonds. The molecule has 5 rings (SSSR count). The molecule has 0 spiro atoms. The van der Waals surface area contributed by atoms with Crippen molar-refractivity contribution in [2.45, 2.75) is 53.1 Å². The normalized spacial score (nSPS) is 12.9. The molecular weight excluding hydrogens is 492 g/mol. The number of aryl methyl sites for hydroxylation is 3. The first-order valence-corrected chi connectivity index (χ1v) is 13.2. The molecule has 2 aromatic carbocycles. The lowest BCUT2D eigenvalue weighted by Gasteiger charge is -2.25. The Morgan fingerprint density at radius 3 is 2.56 bits per heavy atom. The van der Waals surface area contributed by atoms with Crippen LogP contribution in [0.3, 0.4) is 0 Å². The number of rotatable bonds is 8. The van der Waals surface area contributed by atoms with Crippen LogP contribution in [0.15, 0.2) is 54.7 Å². The minimum atomic E-state index is -0.800. The van der Waals surface area contributed by atoms with Crippen molar-refractivity contribution < 1.29 is 19.1 Å². The van der Waals surface area contributed by atoms with Crippen molar-refractivity contribution in [1.29, 1.82) is 0 Å². The number of amides is 2. The van der Waals surface area contributed by atoms with Gasteiger partial charge in [-0.1, -0.05) is 18.2 Å². The van der Waals surface area contributed by atoms with E-state index in [1.54, 1.807) is 31.4 Å². The van der Waals surface area contributed by atoms with E-state index in [9.17, 15) is 9.59 Å². The number of aromatic nitrogens is 2. The average Bonchev–Trinajstić information content (AvgIpc) is 3.52. The van der Waals surface area contributed by atoms with Crippen molar-refractivity contribution in [3.63, 3.8) is 0 Å². The topological polar surface area (TPSA) is 85.7 Å². The lowest BCUT2D eigenvalue weighted by Crippen LogP contribution is -2.49. The molecule has 0 bridgehead atoms. The summed E-state index contributed by atoms with van der Waals surface area (Å²) in [6.07, 6.45) is 2.14. The van der Waals surface area contributed by atoms with Crippen LogP contribution in [-0.2, 0) is 29.0 Å². The largest absolute Gasteiger partial charge is 0.454 e. The number of likely N-dealkylation sites (N-methyl/N-ethyl adjacent to an activating group) is 1. The number of hydrogen-bond acceptors (Lipinski definition) is 5. The molecule has 0 radical (unpaired) electrons. The maximum atomic E-state index is 13.8. The number of nitrogens with zero attached hydrogens (tertiary/aromatic N) is 3. The second kappa shape index (κ2) is 10.8. The molecule has 8 heteroatoms. The van der Waals surface area contributed by atoms with E-state index in [0.29, 0.717) is 17.2 Å². The van der Waals surface area contributed by atoms with Gasteiger partial charge in [0.25, 0.3) is 0 Å². The van der Waals surface area contributed by atoms with Crippen LogP contribution in [-0.4, -0.2) is 41.2 Å². The number of carbonyl (C=O) groups excluding carboxylic acids is 2. The molecular formula is C31H34N4O4. The first kappa shape index (κ1) is 26.3. The minimum absolute atomic E-state index is 0.154. The Morgan fingerprint density at radius 2 is 1.82 bits per heavy atom. The number of hydrogen-bond donors (Lipinski definition) is 1. The van der Waals surface area contributed by atoms with Gasteiger partial charge in [-0.3, -0.25) is 14.6 Å².